The molecule has 0 aromatic heterocycles. The number of rotatable bonds is 2. The van der Waals surface area contributed by atoms with Crippen LogP contribution in [0.25, 0.3) is 0 Å². The number of alkyl carbamates (subject to hydrolysis) is 1. The second kappa shape index (κ2) is 6.45. The Morgan fingerprint density at radius 2 is 2.23 bits per heavy atom. The quantitative estimate of drug-likeness (QED) is 0.907. The van der Waals surface area contributed by atoms with Crippen LogP contribution in [0.15, 0.2) is 18.2 Å². The van der Waals surface area contributed by atoms with E-state index in [4.69, 9.17) is 16.3 Å². The van der Waals surface area contributed by atoms with Gasteiger partial charge in [-0.2, -0.15) is 5.26 Å². The zero-order chi connectivity index (χ0) is 16.3. The summed E-state index contributed by atoms with van der Waals surface area (Å²) in [4.78, 5) is 13.8. The molecule has 1 saturated heterocycles. The Morgan fingerprint density at radius 3 is 2.86 bits per heavy atom. The van der Waals surface area contributed by atoms with Crippen molar-refractivity contribution in [1.29, 1.82) is 5.26 Å². The van der Waals surface area contributed by atoms with Crippen LogP contribution >= 0.6 is 11.6 Å². The molecule has 1 aliphatic heterocycles. The number of nitrogens with one attached hydrogen (secondary N) is 1. The third kappa shape index (κ3) is 4.05. The second-order valence-electron chi connectivity index (χ2n) is 6.33. The Bertz CT molecular complexity index is 604. The summed E-state index contributed by atoms with van der Waals surface area (Å²) in [6, 6.07) is 7.42. The van der Waals surface area contributed by atoms with Gasteiger partial charge in [-0.3, -0.25) is 0 Å². The van der Waals surface area contributed by atoms with Crippen LogP contribution in [0.5, 0.6) is 0 Å². The predicted octanol–water partition coefficient (Wildman–Crippen LogP) is 3.32. The molecule has 0 unspecified atom stereocenters. The highest BCUT2D eigenvalue weighted by Gasteiger charge is 2.28. The number of para-hydroxylation sites is 1. The van der Waals surface area contributed by atoms with E-state index in [0.717, 1.165) is 18.7 Å². The van der Waals surface area contributed by atoms with Gasteiger partial charge in [-0.1, -0.05) is 17.7 Å². The molecule has 0 aliphatic carbocycles. The Balaban J connectivity index is 2.02. The minimum atomic E-state index is -0.515. The highest BCUT2D eigenvalue weighted by molar-refractivity contribution is 6.33. The van der Waals surface area contributed by atoms with Gasteiger partial charge in [0.05, 0.1) is 22.3 Å². The third-order valence-corrected chi connectivity index (χ3v) is 3.64. The molecule has 1 aromatic carbocycles. The molecule has 1 atom stereocenters. The van der Waals surface area contributed by atoms with Crippen LogP contribution in [-0.4, -0.2) is 30.8 Å². The molecule has 2 rings (SSSR count). The molecule has 1 aromatic rings. The highest BCUT2D eigenvalue weighted by Crippen LogP contribution is 2.32. The zero-order valence-electron chi connectivity index (χ0n) is 13.0. The normalized spacial score (nSPS) is 18.0. The largest absolute Gasteiger partial charge is 0.444 e. The Kier molecular flexibility index (Phi) is 4.82. The summed E-state index contributed by atoms with van der Waals surface area (Å²) in [6.07, 6.45) is 0.369. The Morgan fingerprint density at radius 1 is 1.50 bits per heavy atom. The lowest BCUT2D eigenvalue weighted by molar-refractivity contribution is 0.0509. The summed E-state index contributed by atoms with van der Waals surface area (Å²) >= 11 is 6.22. The molecule has 1 N–H and O–H groups in total. The minimum absolute atomic E-state index is 0.0161. The van der Waals surface area contributed by atoms with Gasteiger partial charge in [0.25, 0.3) is 0 Å². The molecule has 1 amide bonds. The van der Waals surface area contributed by atoms with Crippen molar-refractivity contribution in [3.63, 3.8) is 0 Å². The van der Waals surface area contributed by atoms with E-state index in [1.807, 2.05) is 25.7 Å². The number of nitriles is 1. The average molecular weight is 322 g/mol. The Hall–Kier alpha value is -1.93. The van der Waals surface area contributed by atoms with Crippen LogP contribution in [0.2, 0.25) is 5.02 Å². The molecule has 22 heavy (non-hydrogen) atoms. The van der Waals surface area contributed by atoms with E-state index in [0.29, 0.717) is 17.1 Å². The molecule has 1 fully saturated rings. The summed E-state index contributed by atoms with van der Waals surface area (Å²) in [5.41, 5.74) is 0.768. The van der Waals surface area contributed by atoms with Crippen molar-refractivity contribution in [2.45, 2.75) is 38.8 Å². The number of ether oxygens (including phenoxy) is 1. The molecule has 1 heterocycles. The smallest absolute Gasteiger partial charge is 0.407 e. The van der Waals surface area contributed by atoms with Crippen molar-refractivity contribution in [3.05, 3.63) is 28.8 Å². The summed E-state index contributed by atoms with van der Waals surface area (Å²) in [5, 5.41) is 12.6. The number of nitrogens with zero attached hydrogens (tertiary/aromatic N) is 2. The maximum atomic E-state index is 11.8. The lowest BCUT2D eigenvalue weighted by atomic mass is 10.2. The lowest BCUT2D eigenvalue weighted by Gasteiger charge is -2.23. The van der Waals surface area contributed by atoms with Gasteiger partial charge in [-0.05, 0) is 39.3 Å². The first kappa shape index (κ1) is 16.4. The number of anilines is 1. The van der Waals surface area contributed by atoms with Gasteiger partial charge in [0.1, 0.15) is 11.7 Å². The van der Waals surface area contributed by atoms with Crippen LogP contribution in [0.3, 0.4) is 0 Å². The molecule has 1 aliphatic rings. The summed E-state index contributed by atoms with van der Waals surface area (Å²) in [6.45, 7) is 6.83. The van der Waals surface area contributed by atoms with E-state index in [2.05, 4.69) is 11.4 Å². The van der Waals surface area contributed by atoms with Crippen LogP contribution in [0, 0.1) is 11.3 Å². The minimum Gasteiger partial charge on any atom is -0.444 e. The van der Waals surface area contributed by atoms with Crippen LogP contribution in [0.4, 0.5) is 10.5 Å². The van der Waals surface area contributed by atoms with Gasteiger partial charge < -0.3 is 15.0 Å². The van der Waals surface area contributed by atoms with Crippen molar-refractivity contribution in [1.82, 2.24) is 5.32 Å². The number of carbonyl (C=O) groups excluding carboxylic acids is 1. The van der Waals surface area contributed by atoms with Crippen LogP contribution in [-0.2, 0) is 4.74 Å². The molecular weight excluding hydrogens is 302 g/mol. The topological polar surface area (TPSA) is 65.4 Å². The number of hydrogen-bond donors (Lipinski definition) is 1. The number of halogens is 1. The average Bonchev–Trinajstić information content (AvgIpc) is 2.83. The van der Waals surface area contributed by atoms with Crippen LogP contribution in [0.1, 0.15) is 32.8 Å². The summed E-state index contributed by atoms with van der Waals surface area (Å²) < 4.78 is 5.26. The van der Waals surface area contributed by atoms with Crippen molar-refractivity contribution in [3.8, 4) is 6.07 Å². The second-order valence-corrected chi connectivity index (χ2v) is 6.73. The number of carbonyl (C=O) groups is 1. The molecule has 0 bridgehead atoms. The molecular formula is C16H20ClN3O2. The first-order chi connectivity index (χ1) is 10.3. The number of hydrogen-bond acceptors (Lipinski definition) is 4. The van der Waals surface area contributed by atoms with Gasteiger partial charge in [0.15, 0.2) is 0 Å². The predicted molar refractivity (Wildman–Crippen MR) is 86.2 cm³/mol. The van der Waals surface area contributed by atoms with Gasteiger partial charge in [-0.25, -0.2) is 4.79 Å². The molecule has 0 spiro atoms. The van der Waals surface area contributed by atoms with Crippen molar-refractivity contribution < 1.29 is 9.53 Å². The fourth-order valence-corrected chi connectivity index (χ4v) is 2.78. The van der Waals surface area contributed by atoms with E-state index in [9.17, 15) is 10.1 Å². The Labute approximate surface area is 135 Å². The molecule has 0 saturated carbocycles. The van der Waals surface area contributed by atoms with Crippen molar-refractivity contribution in [2.24, 2.45) is 0 Å². The van der Waals surface area contributed by atoms with Gasteiger partial charge in [0.2, 0.25) is 0 Å². The lowest BCUT2D eigenvalue weighted by Crippen LogP contribution is -2.40. The van der Waals surface area contributed by atoms with E-state index in [-0.39, 0.29) is 6.04 Å². The van der Waals surface area contributed by atoms with E-state index >= 15 is 0 Å². The molecule has 6 heteroatoms. The van der Waals surface area contributed by atoms with E-state index in [1.54, 1.807) is 18.2 Å². The van der Waals surface area contributed by atoms with Crippen LogP contribution < -0.4 is 10.2 Å². The monoisotopic (exact) mass is 321 g/mol. The van der Waals surface area contributed by atoms with E-state index in [1.165, 1.54) is 0 Å². The summed E-state index contributed by atoms with van der Waals surface area (Å²) in [5.74, 6) is 0. The maximum Gasteiger partial charge on any atom is 0.407 e. The maximum absolute atomic E-state index is 11.8. The van der Waals surface area contributed by atoms with E-state index < -0.39 is 11.7 Å². The fourth-order valence-electron chi connectivity index (χ4n) is 2.48. The SMILES string of the molecule is CC(C)(C)OC(=O)N[C@H]1CCN(c2c(Cl)cccc2C#N)C1. The van der Waals surface area contributed by atoms with Gasteiger partial charge in [0, 0.05) is 13.1 Å². The molecule has 5 nitrogen and oxygen atoms in total. The first-order valence-corrected chi connectivity index (χ1v) is 7.61. The first-order valence-electron chi connectivity index (χ1n) is 7.23. The fraction of sp³-hybridized carbons (Fsp3) is 0.500. The standard InChI is InChI=1S/C16H20ClN3O2/c1-16(2,3)22-15(21)19-12-7-8-20(10-12)14-11(9-18)5-4-6-13(14)17/h4-6,12H,7-8,10H2,1-3H3,(H,19,21)/t12-/m0/s1. The number of benzene rings is 1. The van der Waals surface area contributed by atoms with Crippen molar-refractivity contribution >= 4 is 23.4 Å². The number of amides is 1. The zero-order valence-corrected chi connectivity index (χ0v) is 13.8. The van der Waals surface area contributed by atoms with Gasteiger partial charge >= 0.3 is 6.09 Å². The summed E-state index contributed by atoms with van der Waals surface area (Å²) in [7, 11) is 0. The molecule has 118 valence electrons. The highest BCUT2D eigenvalue weighted by atomic mass is 35.5. The molecule has 0 radical (unpaired) electrons. The van der Waals surface area contributed by atoms with Crippen molar-refractivity contribution in [2.75, 3.05) is 18.0 Å². The third-order valence-electron chi connectivity index (χ3n) is 3.33. The van der Waals surface area contributed by atoms with Gasteiger partial charge in [-0.15, -0.1) is 0 Å².